The molecular formula is C14H20N2O3. The second-order valence-electron chi connectivity index (χ2n) is 4.84. The van der Waals surface area contributed by atoms with Crippen LogP contribution in [0.15, 0.2) is 24.3 Å². The molecule has 0 radical (unpaired) electrons. The van der Waals surface area contributed by atoms with Gasteiger partial charge in [-0.15, -0.1) is 0 Å². The van der Waals surface area contributed by atoms with Gasteiger partial charge in [-0.05, 0) is 11.1 Å². The van der Waals surface area contributed by atoms with Gasteiger partial charge >= 0.3 is 5.97 Å². The molecule has 1 saturated heterocycles. The predicted molar refractivity (Wildman–Crippen MR) is 71.7 cm³/mol. The molecule has 0 aromatic heterocycles. The van der Waals surface area contributed by atoms with Crippen molar-refractivity contribution in [1.82, 2.24) is 4.90 Å². The highest BCUT2D eigenvalue weighted by Gasteiger charge is 2.13. The van der Waals surface area contributed by atoms with Crippen molar-refractivity contribution in [2.75, 3.05) is 26.3 Å². The fourth-order valence-corrected chi connectivity index (χ4v) is 2.25. The molecule has 0 aliphatic carbocycles. The molecule has 2 rings (SSSR count). The number of nitrogens with two attached hydrogens (primary N) is 1. The molecule has 5 nitrogen and oxygen atoms in total. The molecule has 1 unspecified atom stereocenters. The van der Waals surface area contributed by atoms with Crippen LogP contribution in [0.3, 0.4) is 0 Å². The third-order valence-electron chi connectivity index (χ3n) is 3.28. The third kappa shape index (κ3) is 4.31. The quantitative estimate of drug-likeness (QED) is 0.829. The monoisotopic (exact) mass is 264 g/mol. The summed E-state index contributed by atoms with van der Waals surface area (Å²) in [5.74, 6) is -0.869. The Morgan fingerprint density at radius 2 is 2.16 bits per heavy atom. The van der Waals surface area contributed by atoms with Gasteiger partial charge in [0.25, 0.3) is 0 Å². The Kier molecular flexibility index (Phi) is 4.90. The van der Waals surface area contributed by atoms with E-state index in [1.807, 2.05) is 24.3 Å². The van der Waals surface area contributed by atoms with Crippen molar-refractivity contribution < 1.29 is 14.6 Å². The summed E-state index contributed by atoms with van der Waals surface area (Å²) in [6.45, 7) is 4.28. The first-order valence-corrected chi connectivity index (χ1v) is 6.51. The minimum atomic E-state index is -0.869. The minimum Gasteiger partial charge on any atom is -0.481 e. The molecular weight excluding hydrogens is 244 g/mol. The number of benzene rings is 1. The maximum atomic E-state index is 10.7. The van der Waals surface area contributed by atoms with Crippen LogP contribution in [0.1, 0.15) is 23.6 Å². The van der Waals surface area contributed by atoms with Crippen LogP contribution in [0.2, 0.25) is 0 Å². The zero-order chi connectivity index (χ0) is 13.7. The molecule has 1 aromatic rings. The van der Waals surface area contributed by atoms with E-state index < -0.39 is 12.0 Å². The van der Waals surface area contributed by atoms with Crippen molar-refractivity contribution in [3.8, 4) is 0 Å². The summed E-state index contributed by atoms with van der Waals surface area (Å²) in [6.07, 6.45) is -0.0407. The summed E-state index contributed by atoms with van der Waals surface area (Å²) in [5.41, 5.74) is 7.93. The summed E-state index contributed by atoms with van der Waals surface area (Å²) in [6, 6.07) is 7.43. The average molecular weight is 264 g/mol. The standard InChI is InChI=1S/C14H20N2O3/c15-13(9-14(17)18)12-3-1-2-11(8-12)10-16-4-6-19-7-5-16/h1-3,8,13H,4-7,9-10,15H2,(H,17,18). The van der Waals surface area contributed by atoms with Crippen LogP contribution in [-0.2, 0) is 16.1 Å². The molecule has 1 atom stereocenters. The molecule has 3 N–H and O–H groups in total. The molecule has 1 heterocycles. The van der Waals surface area contributed by atoms with Gasteiger partial charge in [0.15, 0.2) is 0 Å². The molecule has 1 fully saturated rings. The van der Waals surface area contributed by atoms with E-state index in [9.17, 15) is 4.79 Å². The van der Waals surface area contributed by atoms with Crippen LogP contribution >= 0.6 is 0 Å². The van der Waals surface area contributed by atoms with E-state index in [0.29, 0.717) is 0 Å². The maximum Gasteiger partial charge on any atom is 0.305 e. The van der Waals surface area contributed by atoms with Gasteiger partial charge in [0, 0.05) is 25.7 Å². The normalized spacial score (nSPS) is 18.2. The molecule has 0 spiro atoms. The first-order valence-electron chi connectivity index (χ1n) is 6.51. The lowest BCUT2D eigenvalue weighted by atomic mass is 10.0. The van der Waals surface area contributed by atoms with Crippen LogP contribution in [0.25, 0.3) is 0 Å². The second kappa shape index (κ2) is 6.65. The van der Waals surface area contributed by atoms with Crippen molar-refractivity contribution in [2.24, 2.45) is 5.73 Å². The predicted octanol–water partition coefficient (Wildman–Crippen LogP) is 0.993. The molecule has 1 aliphatic rings. The van der Waals surface area contributed by atoms with Gasteiger partial charge < -0.3 is 15.6 Å². The van der Waals surface area contributed by atoms with E-state index in [2.05, 4.69) is 4.90 Å². The lowest BCUT2D eigenvalue weighted by molar-refractivity contribution is -0.137. The van der Waals surface area contributed by atoms with E-state index in [4.69, 9.17) is 15.6 Å². The zero-order valence-electron chi connectivity index (χ0n) is 10.9. The van der Waals surface area contributed by atoms with Gasteiger partial charge in [0.05, 0.1) is 19.6 Å². The Morgan fingerprint density at radius 3 is 2.84 bits per heavy atom. The highest BCUT2D eigenvalue weighted by atomic mass is 16.5. The number of hydrogen-bond donors (Lipinski definition) is 2. The zero-order valence-corrected chi connectivity index (χ0v) is 10.9. The highest BCUT2D eigenvalue weighted by Crippen LogP contribution is 2.17. The first kappa shape index (κ1) is 14.0. The number of carbonyl (C=O) groups is 1. The number of hydrogen-bond acceptors (Lipinski definition) is 4. The Bertz CT molecular complexity index is 430. The van der Waals surface area contributed by atoms with E-state index in [1.165, 1.54) is 5.56 Å². The lowest BCUT2D eigenvalue weighted by Crippen LogP contribution is -2.35. The molecule has 0 saturated carbocycles. The molecule has 0 bridgehead atoms. The Morgan fingerprint density at radius 1 is 1.42 bits per heavy atom. The van der Waals surface area contributed by atoms with Crippen molar-refractivity contribution in [3.05, 3.63) is 35.4 Å². The summed E-state index contributed by atoms with van der Waals surface area (Å²) in [4.78, 5) is 13.0. The van der Waals surface area contributed by atoms with Crippen LogP contribution in [-0.4, -0.2) is 42.3 Å². The number of ether oxygens (including phenoxy) is 1. The third-order valence-corrected chi connectivity index (χ3v) is 3.28. The summed E-state index contributed by atoms with van der Waals surface area (Å²) in [5, 5.41) is 8.77. The summed E-state index contributed by atoms with van der Waals surface area (Å²) in [7, 11) is 0. The highest BCUT2D eigenvalue weighted by molar-refractivity contribution is 5.67. The van der Waals surface area contributed by atoms with Gasteiger partial charge in [-0.1, -0.05) is 24.3 Å². The second-order valence-corrected chi connectivity index (χ2v) is 4.84. The van der Waals surface area contributed by atoms with E-state index in [-0.39, 0.29) is 6.42 Å². The van der Waals surface area contributed by atoms with Gasteiger partial charge in [0.1, 0.15) is 0 Å². The summed E-state index contributed by atoms with van der Waals surface area (Å²) < 4.78 is 5.32. The van der Waals surface area contributed by atoms with Crippen LogP contribution in [0.5, 0.6) is 0 Å². The molecule has 19 heavy (non-hydrogen) atoms. The average Bonchev–Trinajstić information content (AvgIpc) is 2.39. The van der Waals surface area contributed by atoms with Crippen molar-refractivity contribution in [1.29, 1.82) is 0 Å². The maximum absolute atomic E-state index is 10.7. The van der Waals surface area contributed by atoms with Crippen molar-refractivity contribution >= 4 is 5.97 Å². The van der Waals surface area contributed by atoms with Gasteiger partial charge in [-0.25, -0.2) is 0 Å². The van der Waals surface area contributed by atoms with E-state index >= 15 is 0 Å². The van der Waals surface area contributed by atoms with Crippen LogP contribution in [0, 0.1) is 0 Å². The van der Waals surface area contributed by atoms with E-state index in [0.717, 1.165) is 38.4 Å². The van der Waals surface area contributed by atoms with Gasteiger partial charge in [-0.3, -0.25) is 9.69 Å². The largest absolute Gasteiger partial charge is 0.481 e. The fraction of sp³-hybridized carbons (Fsp3) is 0.500. The first-order chi connectivity index (χ1) is 9.15. The number of carboxylic acid groups (broad SMARTS) is 1. The Hall–Kier alpha value is -1.43. The number of rotatable bonds is 5. The van der Waals surface area contributed by atoms with Crippen molar-refractivity contribution in [2.45, 2.75) is 19.0 Å². The number of morpholine rings is 1. The molecule has 1 aromatic carbocycles. The van der Waals surface area contributed by atoms with Crippen LogP contribution < -0.4 is 5.73 Å². The van der Waals surface area contributed by atoms with Gasteiger partial charge in [-0.2, -0.15) is 0 Å². The minimum absolute atomic E-state index is 0.0407. The molecule has 5 heteroatoms. The topological polar surface area (TPSA) is 75.8 Å². The van der Waals surface area contributed by atoms with E-state index in [1.54, 1.807) is 0 Å². The number of carboxylic acids is 1. The number of nitrogens with zero attached hydrogens (tertiary/aromatic N) is 1. The van der Waals surface area contributed by atoms with Crippen molar-refractivity contribution in [3.63, 3.8) is 0 Å². The van der Waals surface area contributed by atoms with Gasteiger partial charge in [0.2, 0.25) is 0 Å². The fourth-order valence-electron chi connectivity index (χ4n) is 2.25. The lowest BCUT2D eigenvalue weighted by Gasteiger charge is -2.26. The molecule has 0 amide bonds. The SMILES string of the molecule is NC(CC(=O)O)c1cccc(CN2CCOCC2)c1. The Balaban J connectivity index is 1.99. The Labute approximate surface area is 113 Å². The molecule has 104 valence electrons. The smallest absolute Gasteiger partial charge is 0.305 e. The van der Waals surface area contributed by atoms with Crippen LogP contribution in [0.4, 0.5) is 0 Å². The molecule has 1 aliphatic heterocycles. The number of aliphatic carboxylic acids is 1. The summed E-state index contributed by atoms with van der Waals surface area (Å²) >= 11 is 0.